The molecule has 1 fully saturated rings. The number of hydrogen-bond donors (Lipinski definition) is 1. The molecule has 6 nitrogen and oxygen atoms in total. The molecule has 9 heteroatoms. The molecule has 1 saturated heterocycles. The highest BCUT2D eigenvalue weighted by atomic mass is 35.5. The standard InChI is InChI=1S/C16H20ClN3O3S2/c1-19(2)15(21)9-13-10-20(6-5-18-13)25(22,23)16-7-11-3-4-12(17)8-14(11)24-16/h3-4,7-8,13,18H,5-6,9-10H2,1-2H3. The Hall–Kier alpha value is -1.19. The molecule has 1 aliphatic heterocycles. The lowest BCUT2D eigenvalue weighted by atomic mass is 10.1. The maximum atomic E-state index is 13.0. The molecule has 0 saturated carbocycles. The molecule has 3 rings (SSSR count). The van der Waals surface area contributed by atoms with Crippen molar-refractivity contribution in [3.05, 3.63) is 29.3 Å². The zero-order valence-corrected chi connectivity index (χ0v) is 16.4. The van der Waals surface area contributed by atoms with Gasteiger partial charge in [0.2, 0.25) is 5.91 Å². The number of halogens is 1. The van der Waals surface area contributed by atoms with Crippen LogP contribution < -0.4 is 5.32 Å². The van der Waals surface area contributed by atoms with Crippen molar-refractivity contribution in [3.8, 4) is 0 Å². The topological polar surface area (TPSA) is 69.7 Å². The summed E-state index contributed by atoms with van der Waals surface area (Å²) in [6.45, 7) is 1.21. The number of piperazine rings is 1. The summed E-state index contributed by atoms with van der Waals surface area (Å²) in [6.07, 6.45) is 0.279. The van der Waals surface area contributed by atoms with Crippen LogP contribution in [0.5, 0.6) is 0 Å². The number of carbonyl (C=O) groups is 1. The molecule has 0 bridgehead atoms. The van der Waals surface area contributed by atoms with Gasteiger partial charge in [-0.05, 0) is 23.6 Å². The molecule has 2 aromatic rings. The summed E-state index contributed by atoms with van der Waals surface area (Å²) < 4.78 is 28.6. The summed E-state index contributed by atoms with van der Waals surface area (Å²) >= 11 is 7.21. The zero-order chi connectivity index (χ0) is 18.2. The summed E-state index contributed by atoms with van der Waals surface area (Å²) in [5.74, 6) is -0.0201. The van der Waals surface area contributed by atoms with Crippen molar-refractivity contribution >= 4 is 49.0 Å². The van der Waals surface area contributed by atoms with Crippen molar-refractivity contribution in [1.82, 2.24) is 14.5 Å². The van der Waals surface area contributed by atoms with Crippen molar-refractivity contribution in [2.24, 2.45) is 0 Å². The van der Waals surface area contributed by atoms with Crippen LogP contribution in [-0.2, 0) is 14.8 Å². The summed E-state index contributed by atoms with van der Waals surface area (Å²) in [5, 5.41) is 4.67. The predicted molar refractivity (Wildman–Crippen MR) is 101 cm³/mol. The minimum atomic E-state index is -3.58. The van der Waals surface area contributed by atoms with Crippen LogP contribution in [-0.4, -0.2) is 63.3 Å². The fourth-order valence-electron chi connectivity index (χ4n) is 2.78. The number of fused-ring (bicyclic) bond motifs is 1. The Morgan fingerprint density at radius 1 is 1.40 bits per heavy atom. The predicted octanol–water partition coefficient (Wildman–Crippen LogP) is 2.00. The maximum Gasteiger partial charge on any atom is 0.252 e. The average molecular weight is 402 g/mol. The second-order valence-corrected chi connectivity index (χ2v) is 9.94. The highest BCUT2D eigenvalue weighted by Crippen LogP contribution is 2.33. The van der Waals surface area contributed by atoms with E-state index in [1.807, 2.05) is 6.07 Å². The largest absolute Gasteiger partial charge is 0.349 e. The number of hydrogen-bond acceptors (Lipinski definition) is 5. The Balaban J connectivity index is 1.81. The molecule has 1 aromatic heterocycles. The Morgan fingerprint density at radius 2 is 2.16 bits per heavy atom. The van der Waals surface area contributed by atoms with Crippen molar-refractivity contribution in [1.29, 1.82) is 0 Å². The van der Waals surface area contributed by atoms with E-state index in [0.29, 0.717) is 22.3 Å². The Morgan fingerprint density at radius 3 is 2.88 bits per heavy atom. The first-order valence-corrected chi connectivity index (χ1v) is 10.5. The third-order valence-corrected chi connectivity index (χ3v) is 7.84. The van der Waals surface area contributed by atoms with Crippen molar-refractivity contribution in [2.45, 2.75) is 16.7 Å². The minimum Gasteiger partial charge on any atom is -0.349 e. The van der Waals surface area contributed by atoms with Gasteiger partial charge in [0.15, 0.2) is 0 Å². The van der Waals surface area contributed by atoms with Gasteiger partial charge in [0.05, 0.1) is 0 Å². The lowest BCUT2D eigenvalue weighted by Gasteiger charge is -2.32. The van der Waals surface area contributed by atoms with Crippen molar-refractivity contribution < 1.29 is 13.2 Å². The molecule has 1 unspecified atom stereocenters. The fraction of sp³-hybridized carbons (Fsp3) is 0.438. The Bertz CT molecular complexity index is 895. The van der Waals surface area contributed by atoms with E-state index >= 15 is 0 Å². The number of benzene rings is 1. The van der Waals surface area contributed by atoms with Crippen LogP contribution in [0.4, 0.5) is 0 Å². The SMILES string of the molecule is CN(C)C(=O)CC1CN(S(=O)(=O)c2cc3ccc(Cl)cc3s2)CCN1. The van der Waals surface area contributed by atoms with Gasteiger partial charge in [0.25, 0.3) is 10.0 Å². The fourth-order valence-corrected chi connectivity index (χ4v) is 6.09. The number of amides is 1. The quantitative estimate of drug-likeness (QED) is 0.850. The normalized spacial score (nSPS) is 19.2. The maximum absolute atomic E-state index is 13.0. The molecule has 1 aliphatic rings. The number of nitrogens with zero attached hydrogens (tertiary/aromatic N) is 2. The first kappa shape index (κ1) is 18.6. The van der Waals surface area contributed by atoms with Crippen LogP contribution in [0.3, 0.4) is 0 Å². The van der Waals surface area contributed by atoms with Crippen LogP contribution in [0, 0.1) is 0 Å². The van der Waals surface area contributed by atoms with E-state index < -0.39 is 10.0 Å². The summed E-state index contributed by atoms with van der Waals surface area (Å²) in [6, 6.07) is 6.86. The third kappa shape index (κ3) is 3.98. The zero-order valence-electron chi connectivity index (χ0n) is 14.0. The average Bonchev–Trinajstić information content (AvgIpc) is 2.98. The van der Waals surface area contributed by atoms with E-state index in [1.165, 1.54) is 20.5 Å². The van der Waals surface area contributed by atoms with Gasteiger partial charge in [-0.15, -0.1) is 11.3 Å². The van der Waals surface area contributed by atoms with Gasteiger partial charge in [-0.1, -0.05) is 17.7 Å². The van der Waals surface area contributed by atoms with E-state index in [4.69, 9.17) is 11.6 Å². The van der Waals surface area contributed by atoms with E-state index in [0.717, 1.165) is 10.1 Å². The summed E-state index contributed by atoms with van der Waals surface area (Å²) in [7, 11) is -0.189. The second kappa shape index (κ2) is 7.20. The van der Waals surface area contributed by atoms with Gasteiger partial charge >= 0.3 is 0 Å². The molecule has 0 aliphatic carbocycles. The summed E-state index contributed by atoms with van der Waals surface area (Å²) in [5.41, 5.74) is 0. The van der Waals surface area contributed by atoms with Gasteiger partial charge in [0.1, 0.15) is 4.21 Å². The number of carbonyl (C=O) groups excluding carboxylic acids is 1. The molecule has 136 valence electrons. The molecule has 0 spiro atoms. The molecule has 2 heterocycles. The molecule has 1 aromatic carbocycles. The van der Waals surface area contributed by atoms with Crippen LogP contribution >= 0.6 is 22.9 Å². The van der Waals surface area contributed by atoms with Gasteiger partial charge in [0, 0.05) is 55.9 Å². The minimum absolute atomic E-state index is 0.0201. The smallest absolute Gasteiger partial charge is 0.252 e. The summed E-state index contributed by atoms with van der Waals surface area (Å²) in [4.78, 5) is 13.4. The highest BCUT2D eigenvalue weighted by Gasteiger charge is 2.32. The monoisotopic (exact) mass is 401 g/mol. The highest BCUT2D eigenvalue weighted by molar-refractivity contribution is 7.91. The number of sulfonamides is 1. The number of thiophene rings is 1. The molecule has 1 atom stereocenters. The molecule has 1 amide bonds. The van der Waals surface area contributed by atoms with Crippen LogP contribution in [0.2, 0.25) is 5.02 Å². The Kier molecular flexibility index (Phi) is 5.36. The van der Waals surface area contributed by atoms with Crippen molar-refractivity contribution in [2.75, 3.05) is 33.7 Å². The lowest BCUT2D eigenvalue weighted by molar-refractivity contribution is -0.129. The number of rotatable bonds is 4. The van der Waals surface area contributed by atoms with Crippen LogP contribution in [0.1, 0.15) is 6.42 Å². The molecular formula is C16H20ClN3O3S2. The van der Waals surface area contributed by atoms with Gasteiger partial charge in [-0.2, -0.15) is 4.31 Å². The lowest BCUT2D eigenvalue weighted by Crippen LogP contribution is -2.53. The van der Waals surface area contributed by atoms with Gasteiger partial charge in [-0.25, -0.2) is 8.42 Å². The third-order valence-electron chi connectivity index (χ3n) is 4.19. The van der Waals surface area contributed by atoms with E-state index in [-0.39, 0.29) is 24.9 Å². The Labute approximate surface area is 156 Å². The van der Waals surface area contributed by atoms with Crippen molar-refractivity contribution in [3.63, 3.8) is 0 Å². The van der Waals surface area contributed by atoms with Crippen LogP contribution in [0.15, 0.2) is 28.5 Å². The molecule has 25 heavy (non-hydrogen) atoms. The number of nitrogens with one attached hydrogen (secondary N) is 1. The van der Waals surface area contributed by atoms with E-state index in [9.17, 15) is 13.2 Å². The van der Waals surface area contributed by atoms with Gasteiger partial charge in [-0.3, -0.25) is 4.79 Å². The van der Waals surface area contributed by atoms with Gasteiger partial charge < -0.3 is 10.2 Å². The molecule has 0 radical (unpaired) electrons. The first-order chi connectivity index (χ1) is 11.8. The molecule has 1 N–H and O–H groups in total. The molecular weight excluding hydrogens is 382 g/mol. The van der Waals surface area contributed by atoms with E-state index in [1.54, 1.807) is 32.3 Å². The second-order valence-electron chi connectivity index (χ2n) is 6.25. The first-order valence-electron chi connectivity index (χ1n) is 7.90. The van der Waals surface area contributed by atoms with E-state index in [2.05, 4.69) is 5.32 Å². The van der Waals surface area contributed by atoms with Crippen LogP contribution in [0.25, 0.3) is 10.1 Å².